The third-order valence-electron chi connectivity index (χ3n) is 17.4. The van der Waals surface area contributed by atoms with E-state index in [1.54, 1.807) is 5.57 Å². The Kier molecular flexibility index (Phi) is 9.81. The summed E-state index contributed by atoms with van der Waals surface area (Å²) in [6.45, 7) is 0. The number of fused-ring (bicyclic) bond motifs is 10. The molecule has 0 amide bonds. The Morgan fingerprint density at radius 3 is 1.50 bits per heavy atom. The molecule has 0 saturated carbocycles. The van der Waals surface area contributed by atoms with Gasteiger partial charge in [-0.05, 0) is 143 Å². The summed E-state index contributed by atoms with van der Waals surface area (Å²) in [5, 5.41) is 5.09. The fraction of sp³-hybridized carbons (Fsp3) is 0.111. The molecule has 2 aliphatic heterocycles. The van der Waals surface area contributed by atoms with Crippen molar-refractivity contribution in [3.63, 3.8) is 0 Å². The van der Waals surface area contributed by atoms with Gasteiger partial charge in [0.05, 0.1) is 34.2 Å². The first kappa shape index (κ1) is 43.3. The molecule has 76 heavy (non-hydrogen) atoms. The van der Waals surface area contributed by atoms with Crippen molar-refractivity contribution in [3.05, 3.63) is 289 Å². The molecule has 0 saturated heterocycles. The fourth-order valence-corrected chi connectivity index (χ4v) is 14.1. The number of allylic oxidation sites excluding steroid dienone is 8. The fourth-order valence-electron chi connectivity index (χ4n) is 14.1. The number of hydrogen-bond acceptors (Lipinski definition) is 2. The van der Waals surface area contributed by atoms with E-state index in [1.165, 1.54) is 99.8 Å². The van der Waals surface area contributed by atoms with Crippen LogP contribution in [0.2, 0.25) is 0 Å². The minimum atomic E-state index is 0.206. The lowest BCUT2D eigenvalue weighted by Gasteiger charge is -2.30. The molecule has 0 bridgehead atoms. The highest BCUT2D eigenvalue weighted by molar-refractivity contribution is 6.10. The lowest BCUT2D eigenvalue weighted by atomic mass is 9.77. The molecule has 16 rings (SSSR count). The maximum absolute atomic E-state index is 2.60. The van der Waals surface area contributed by atoms with Crippen LogP contribution < -0.4 is 9.80 Å². The normalized spacial score (nSPS) is 21.2. The van der Waals surface area contributed by atoms with Crippen LogP contribution in [0.1, 0.15) is 30.7 Å². The summed E-state index contributed by atoms with van der Waals surface area (Å²) in [5.74, 6) is 0.968. The van der Waals surface area contributed by atoms with E-state index in [2.05, 4.69) is 280 Å². The summed E-state index contributed by atoms with van der Waals surface area (Å²) >= 11 is 0. The van der Waals surface area contributed by atoms with E-state index >= 15 is 0 Å². The van der Waals surface area contributed by atoms with Gasteiger partial charge in [-0.25, -0.2) is 0 Å². The highest BCUT2D eigenvalue weighted by atomic mass is 15.2. The van der Waals surface area contributed by atoms with Crippen molar-refractivity contribution in [3.8, 4) is 33.6 Å². The maximum Gasteiger partial charge on any atom is 0.0626 e. The summed E-state index contributed by atoms with van der Waals surface area (Å²) in [5.41, 5.74) is 21.7. The van der Waals surface area contributed by atoms with E-state index in [1.807, 2.05) is 0 Å². The molecule has 6 aliphatic rings. The Morgan fingerprint density at radius 2 is 0.882 bits per heavy atom. The first-order valence-corrected chi connectivity index (χ1v) is 27.2. The molecule has 4 nitrogen and oxygen atoms in total. The predicted octanol–water partition coefficient (Wildman–Crippen LogP) is 17.7. The third-order valence-corrected chi connectivity index (χ3v) is 17.4. The Morgan fingerprint density at radius 1 is 0.368 bits per heavy atom. The van der Waals surface area contributed by atoms with Gasteiger partial charge in [-0.1, -0.05) is 176 Å². The zero-order chi connectivity index (χ0) is 49.8. The van der Waals surface area contributed by atoms with Crippen LogP contribution >= 0.6 is 0 Å². The van der Waals surface area contributed by atoms with Crippen molar-refractivity contribution >= 4 is 55.0 Å². The number of benzene rings is 8. The van der Waals surface area contributed by atoms with Crippen LogP contribution in [0.15, 0.2) is 284 Å². The van der Waals surface area contributed by atoms with Gasteiger partial charge in [0.25, 0.3) is 0 Å². The van der Waals surface area contributed by atoms with Crippen LogP contribution in [0.4, 0.5) is 11.4 Å². The molecule has 0 spiro atoms. The lowest BCUT2D eigenvalue weighted by Crippen LogP contribution is -2.32. The smallest absolute Gasteiger partial charge is 0.0626 e. The van der Waals surface area contributed by atoms with Crippen molar-refractivity contribution in [2.45, 2.75) is 37.3 Å². The molecule has 0 fully saturated rings. The quantitative estimate of drug-likeness (QED) is 0.158. The van der Waals surface area contributed by atoms with Crippen LogP contribution in [-0.2, 0) is 0 Å². The topological polar surface area (TPSA) is 16.3 Å². The minimum Gasteiger partial charge on any atom is -0.334 e. The van der Waals surface area contributed by atoms with Gasteiger partial charge >= 0.3 is 0 Å². The number of nitrogens with zero attached hydrogens (tertiary/aromatic N) is 4. The Hall–Kier alpha value is -9.12. The second-order valence-corrected chi connectivity index (χ2v) is 21.4. The largest absolute Gasteiger partial charge is 0.334 e. The average molecular weight is 975 g/mol. The van der Waals surface area contributed by atoms with E-state index in [9.17, 15) is 0 Å². The van der Waals surface area contributed by atoms with Crippen LogP contribution in [0.5, 0.6) is 0 Å². The average Bonchev–Trinajstić information content (AvgIpc) is 4.26. The first-order valence-electron chi connectivity index (χ1n) is 27.2. The molecular weight excluding hydrogens is 921 g/mol. The van der Waals surface area contributed by atoms with Gasteiger partial charge in [-0.3, -0.25) is 0 Å². The van der Waals surface area contributed by atoms with Crippen molar-refractivity contribution in [2.75, 3.05) is 9.80 Å². The third kappa shape index (κ3) is 6.63. The van der Waals surface area contributed by atoms with Crippen molar-refractivity contribution in [1.82, 2.24) is 9.13 Å². The van der Waals surface area contributed by atoms with Crippen LogP contribution in [0, 0.1) is 11.8 Å². The molecule has 362 valence electrons. The number of anilines is 2. The molecule has 0 radical (unpaired) electrons. The monoisotopic (exact) mass is 974 g/mol. The highest BCUT2D eigenvalue weighted by Crippen LogP contribution is 2.51. The summed E-state index contributed by atoms with van der Waals surface area (Å²) in [6.07, 6.45) is 31.3. The van der Waals surface area contributed by atoms with Gasteiger partial charge in [0.2, 0.25) is 0 Å². The second kappa shape index (κ2) is 17.2. The van der Waals surface area contributed by atoms with Crippen molar-refractivity contribution in [2.24, 2.45) is 11.8 Å². The molecule has 4 heterocycles. The van der Waals surface area contributed by atoms with Gasteiger partial charge < -0.3 is 18.9 Å². The second-order valence-electron chi connectivity index (χ2n) is 21.4. The summed E-state index contributed by atoms with van der Waals surface area (Å²) < 4.78 is 4.91. The van der Waals surface area contributed by atoms with Crippen molar-refractivity contribution < 1.29 is 0 Å². The maximum atomic E-state index is 2.60. The number of para-hydroxylation sites is 3. The van der Waals surface area contributed by atoms with Crippen LogP contribution in [-0.4, -0.2) is 21.2 Å². The number of aromatic nitrogens is 2. The Bertz CT molecular complexity index is 4240. The molecular formula is C72H54N4. The standard InChI is InChI=1S/C72H54N4/c1-7-27-64-57(20-1)58-21-2-8-28-65(58)73(64)52-39-34-47(35-40-52)48-36-41-53(42-37-48)74-69-32-12-6-25-63(69)72-56(26-15-33-70(72)74)51-38-43-62-61-24-5-11-31-68(61)76(71(62)46-51)55-19-14-17-50(45-55)49-16-13-18-54(44-49)75-66-29-9-3-22-59(66)60-23-4-10-30-67(60)75/h1,3-20,22-25,27-46,56-57,63-64,69H,2,21,26H2. The van der Waals surface area contributed by atoms with Crippen LogP contribution in [0.3, 0.4) is 0 Å². The molecule has 5 unspecified atom stereocenters. The van der Waals surface area contributed by atoms with E-state index in [4.69, 9.17) is 0 Å². The molecule has 4 aliphatic carbocycles. The SMILES string of the molecule is C1=CC2C3=C(C=CCC3)N(c3ccc(-c4ccc(N5C6=C(C(c7ccc8c9ccccc9n(-c9cccc(-c%10cccc(-n%11c%12ccccc%12c%12ccccc%12%11)c%10)c9)c8c7)CC=C6)C6C=CC=CC65)cc4)cc3)C2C=C1. The summed E-state index contributed by atoms with van der Waals surface area (Å²) in [6, 6.07) is 71.0. The summed E-state index contributed by atoms with van der Waals surface area (Å²) in [7, 11) is 0. The molecule has 5 atom stereocenters. The van der Waals surface area contributed by atoms with E-state index in [-0.39, 0.29) is 17.9 Å². The molecule has 2 aromatic heterocycles. The minimum absolute atomic E-state index is 0.206. The predicted molar refractivity (Wildman–Crippen MR) is 317 cm³/mol. The van der Waals surface area contributed by atoms with E-state index < -0.39 is 0 Å². The van der Waals surface area contributed by atoms with Gasteiger partial charge in [0, 0.05) is 73.4 Å². The van der Waals surface area contributed by atoms with Gasteiger partial charge in [0.1, 0.15) is 0 Å². The van der Waals surface area contributed by atoms with Gasteiger partial charge in [-0.2, -0.15) is 0 Å². The van der Waals surface area contributed by atoms with Crippen molar-refractivity contribution in [1.29, 1.82) is 0 Å². The lowest BCUT2D eigenvalue weighted by molar-refractivity contribution is 0.628. The number of rotatable bonds is 7. The first-order chi connectivity index (χ1) is 37.7. The number of hydrogen-bond donors (Lipinski definition) is 0. The Balaban J connectivity index is 0.735. The molecule has 4 heteroatoms. The van der Waals surface area contributed by atoms with E-state index in [0.717, 1.165) is 30.6 Å². The zero-order valence-corrected chi connectivity index (χ0v) is 42.1. The van der Waals surface area contributed by atoms with Gasteiger partial charge in [0.15, 0.2) is 0 Å². The molecule has 8 aromatic carbocycles. The summed E-state index contributed by atoms with van der Waals surface area (Å²) in [4.78, 5) is 5.16. The highest BCUT2D eigenvalue weighted by Gasteiger charge is 2.43. The zero-order valence-electron chi connectivity index (χ0n) is 42.1. The molecule has 10 aromatic rings. The van der Waals surface area contributed by atoms with Gasteiger partial charge in [-0.15, -0.1) is 0 Å². The van der Waals surface area contributed by atoms with Crippen LogP contribution in [0.25, 0.3) is 77.2 Å². The Labute approximate surface area is 443 Å². The van der Waals surface area contributed by atoms with E-state index in [0.29, 0.717) is 12.0 Å². The molecule has 0 N–H and O–H groups in total.